The standard InChI is InChI=1S/C19H25N3O5/c1-3-16(23)22-10-5-4-9-15(22)19(26)21-14-8-6-7-13(11-14)18(25)20-12-17(24)27-2/h6-8,11,15H,3-5,9-10,12H2,1-2H3,(H,20,25)(H,21,26). The van der Waals surface area contributed by atoms with Crippen LogP contribution < -0.4 is 10.6 Å². The van der Waals surface area contributed by atoms with E-state index in [0.29, 0.717) is 30.6 Å². The first kappa shape index (κ1) is 20.4. The lowest BCUT2D eigenvalue weighted by Gasteiger charge is -2.34. The summed E-state index contributed by atoms with van der Waals surface area (Å²) in [5.41, 5.74) is 0.766. The Balaban J connectivity index is 2.04. The molecule has 146 valence electrons. The highest BCUT2D eigenvalue weighted by Crippen LogP contribution is 2.20. The molecular weight excluding hydrogens is 350 g/mol. The molecule has 1 atom stereocenters. The molecule has 0 aromatic heterocycles. The molecule has 1 aliphatic heterocycles. The Morgan fingerprint density at radius 1 is 1.22 bits per heavy atom. The number of hydrogen-bond donors (Lipinski definition) is 2. The van der Waals surface area contributed by atoms with E-state index in [1.54, 1.807) is 30.0 Å². The van der Waals surface area contributed by atoms with Crippen molar-refractivity contribution < 1.29 is 23.9 Å². The Labute approximate surface area is 158 Å². The Hall–Kier alpha value is -2.90. The number of piperidine rings is 1. The van der Waals surface area contributed by atoms with E-state index in [1.165, 1.54) is 13.2 Å². The van der Waals surface area contributed by atoms with Crippen molar-refractivity contribution >= 4 is 29.4 Å². The van der Waals surface area contributed by atoms with Crippen LogP contribution in [0, 0.1) is 0 Å². The summed E-state index contributed by atoms with van der Waals surface area (Å²) < 4.78 is 4.48. The summed E-state index contributed by atoms with van der Waals surface area (Å²) in [5.74, 6) is -1.29. The highest BCUT2D eigenvalue weighted by atomic mass is 16.5. The van der Waals surface area contributed by atoms with Crippen molar-refractivity contribution in [1.82, 2.24) is 10.2 Å². The van der Waals surface area contributed by atoms with Gasteiger partial charge in [-0.2, -0.15) is 0 Å². The number of carbonyl (C=O) groups is 4. The number of esters is 1. The van der Waals surface area contributed by atoms with Gasteiger partial charge in [0, 0.05) is 24.2 Å². The monoisotopic (exact) mass is 375 g/mol. The van der Waals surface area contributed by atoms with Crippen LogP contribution in [0.3, 0.4) is 0 Å². The van der Waals surface area contributed by atoms with Crippen LogP contribution in [-0.4, -0.2) is 54.8 Å². The van der Waals surface area contributed by atoms with Crippen molar-refractivity contribution in [2.24, 2.45) is 0 Å². The fourth-order valence-electron chi connectivity index (χ4n) is 3.00. The van der Waals surface area contributed by atoms with E-state index in [9.17, 15) is 19.2 Å². The summed E-state index contributed by atoms with van der Waals surface area (Å²) in [7, 11) is 1.24. The molecule has 8 nitrogen and oxygen atoms in total. The second-order valence-corrected chi connectivity index (χ2v) is 6.28. The van der Waals surface area contributed by atoms with Crippen LogP contribution in [0.15, 0.2) is 24.3 Å². The van der Waals surface area contributed by atoms with Gasteiger partial charge in [0.2, 0.25) is 11.8 Å². The summed E-state index contributed by atoms with van der Waals surface area (Å²) in [6.45, 7) is 2.13. The first-order valence-electron chi connectivity index (χ1n) is 9.01. The van der Waals surface area contributed by atoms with Gasteiger partial charge >= 0.3 is 5.97 Å². The van der Waals surface area contributed by atoms with E-state index in [1.807, 2.05) is 0 Å². The molecule has 0 aliphatic carbocycles. The van der Waals surface area contributed by atoms with Crippen molar-refractivity contribution in [2.75, 3.05) is 25.5 Å². The van der Waals surface area contributed by atoms with E-state index < -0.39 is 17.9 Å². The second kappa shape index (κ2) is 9.70. The first-order chi connectivity index (χ1) is 13.0. The number of nitrogens with zero attached hydrogens (tertiary/aromatic N) is 1. The number of rotatable bonds is 6. The molecule has 1 heterocycles. The van der Waals surface area contributed by atoms with E-state index in [0.717, 1.165) is 12.8 Å². The van der Waals surface area contributed by atoms with Crippen LogP contribution in [0.2, 0.25) is 0 Å². The van der Waals surface area contributed by atoms with Gasteiger partial charge in [0.25, 0.3) is 5.91 Å². The van der Waals surface area contributed by atoms with Gasteiger partial charge < -0.3 is 20.3 Å². The molecule has 1 aliphatic rings. The predicted octanol–water partition coefficient (Wildman–Crippen LogP) is 1.32. The van der Waals surface area contributed by atoms with Crippen molar-refractivity contribution in [1.29, 1.82) is 0 Å². The maximum absolute atomic E-state index is 12.7. The van der Waals surface area contributed by atoms with Crippen LogP contribution in [0.5, 0.6) is 0 Å². The molecule has 1 aromatic carbocycles. The number of benzene rings is 1. The molecule has 0 saturated carbocycles. The second-order valence-electron chi connectivity index (χ2n) is 6.28. The minimum atomic E-state index is -0.550. The number of ether oxygens (including phenoxy) is 1. The quantitative estimate of drug-likeness (QED) is 0.730. The highest BCUT2D eigenvalue weighted by Gasteiger charge is 2.31. The molecule has 0 spiro atoms. The molecule has 1 fully saturated rings. The molecule has 1 saturated heterocycles. The van der Waals surface area contributed by atoms with Crippen molar-refractivity contribution in [2.45, 2.75) is 38.6 Å². The number of nitrogens with one attached hydrogen (secondary N) is 2. The Morgan fingerprint density at radius 2 is 2.00 bits per heavy atom. The average molecular weight is 375 g/mol. The van der Waals surface area contributed by atoms with Crippen LogP contribution in [-0.2, 0) is 19.1 Å². The van der Waals surface area contributed by atoms with Crippen LogP contribution in [0.1, 0.15) is 43.0 Å². The van der Waals surface area contributed by atoms with Gasteiger partial charge in [-0.25, -0.2) is 0 Å². The van der Waals surface area contributed by atoms with Crippen LogP contribution in [0.25, 0.3) is 0 Å². The summed E-state index contributed by atoms with van der Waals surface area (Å²) >= 11 is 0. The lowest BCUT2D eigenvalue weighted by molar-refractivity contribution is -0.140. The maximum Gasteiger partial charge on any atom is 0.325 e. The van der Waals surface area contributed by atoms with Gasteiger partial charge in [0.15, 0.2) is 0 Å². The minimum absolute atomic E-state index is 0.0363. The van der Waals surface area contributed by atoms with Crippen molar-refractivity contribution in [3.8, 4) is 0 Å². The Morgan fingerprint density at radius 3 is 2.70 bits per heavy atom. The largest absolute Gasteiger partial charge is 0.468 e. The fourth-order valence-corrected chi connectivity index (χ4v) is 3.00. The number of anilines is 1. The summed E-state index contributed by atoms with van der Waals surface area (Å²) in [5, 5.41) is 5.23. The van der Waals surface area contributed by atoms with Gasteiger partial charge in [-0.3, -0.25) is 19.2 Å². The highest BCUT2D eigenvalue weighted by molar-refractivity contribution is 6.00. The van der Waals surface area contributed by atoms with Gasteiger partial charge in [-0.05, 0) is 37.5 Å². The molecule has 0 bridgehead atoms. The van der Waals surface area contributed by atoms with Gasteiger partial charge in [0.05, 0.1) is 7.11 Å². The topological polar surface area (TPSA) is 105 Å². The molecule has 1 unspecified atom stereocenters. The number of amides is 3. The normalized spacial score (nSPS) is 16.4. The zero-order valence-electron chi connectivity index (χ0n) is 15.6. The van der Waals surface area contributed by atoms with Crippen LogP contribution in [0.4, 0.5) is 5.69 Å². The lowest BCUT2D eigenvalue weighted by atomic mass is 10.0. The number of hydrogen-bond acceptors (Lipinski definition) is 5. The molecule has 3 amide bonds. The van der Waals surface area contributed by atoms with E-state index >= 15 is 0 Å². The van der Waals surface area contributed by atoms with Gasteiger partial charge in [-0.15, -0.1) is 0 Å². The third-order valence-electron chi connectivity index (χ3n) is 4.44. The molecular formula is C19H25N3O5. The summed E-state index contributed by atoms with van der Waals surface area (Å²) in [4.78, 5) is 49.6. The predicted molar refractivity (Wildman–Crippen MR) is 99.1 cm³/mol. The molecule has 2 rings (SSSR count). The van der Waals surface area contributed by atoms with Gasteiger partial charge in [-0.1, -0.05) is 13.0 Å². The smallest absolute Gasteiger partial charge is 0.325 e. The third-order valence-corrected chi connectivity index (χ3v) is 4.44. The van der Waals surface area contributed by atoms with Crippen LogP contribution >= 0.6 is 0 Å². The molecule has 1 aromatic rings. The molecule has 27 heavy (non-hydrogen) atoms. The van der Waals surface area contributed by atoms with E-state index in [2.05, 4.69) is 15.4 Å². The Kier molecular flexibility index (Phi) is 7.34. The van der Waals surface area contributed by atoms with E-state index in [-0.39, 0.29) is 18.4 Å². The third kappa shape index (κ3) is 5.54. The van der Waals surface area contributed by atoms with E-state index in [4.69, 9.17) is 0 Å². The van der Waals surface area contributed by atoms with Gasteiger partial charge in [0.1, 0.15) is 12.6 Å². The SMILES string of the molecule is CCC(=O)N1CCCCC1C(=O)Nc1cccc(C(=O)NCC(=O)OC)c1. The average Bonchev–Trinajstić information content (AvgIpc) is 2.71. The lowest BCUT2D eigenvalue weighted by Crippen LogP contribution is -2.49. The number of likely N-dealkylation sites (tertiary alicyclic amines) is 1. The zero-order valence-corrected chi connectivity index (χ0v) is 15.6. The summed E-state index contributed by atoms with van der Waals surface area (Å²) in [6, 6.07) is 5.92. The van der Waals surface area contributed by atoms with Crippen molar-refractivity contribution in [3.05, 3.63) is 29.8 Å². The van der Waals surface area contributed by atoms with Crippen molar-refractivity contribution in [3.63, 3.8) is 0 Å². The summed E-state index contributed by atoms with van der Waals surface area (Å²) in [6.07, 6.45) is 2.77. The minimum Gasteiger partial charge on any atom is -0.468 e. The maximum atomic E-state index is 12.7. The zero-order chi connectivity index (χ0) is 19.8. The molecule has 0 radical (unpaired) electrons. The number of methoxy groups -OCH3 is 1. The number of carbonyl (C=O) groups excluding carboxylic acids is 4. The Bertz CT molecular complexity index is 719. The fraction of sp³-hybridized carbons (Fsp3) is 0.474. The molecule has 2 N–H and O–H groups in total. The molecule has 8 heteroatoms. The first-order valence-corrected chi connectivity index (χ1v) is 9.01.